The topological polar surface area (TPSA) is 54.9 Å². The molecular weight excluding hydrogens is 301 g/mol. The van der Waals surface area contributed by atoms with E-state index in [2.05, 4.69) is 15.3 Å². The summed E-state index contributed by atoms with van der Waals surface area (Å²) in [5, 5.41) is 4.78. The first-order chi connectivity index (χ1) is 10.6. The molecular formula is C16H12FN3OS. The Morgan fingerprint density at radius 1 is 1.27 bits per heavy atom. The van der Waals surface area contributed by atoms with Gasteiger partial charge in [0.05, 0.1) is 5.69 Å². The van der Waals surface area contributed by atoms with E-state index in [4.69, 9.17) is 0 Å². The molecule has 0 atom stereocenters. The van der Waals surface area contributed by atoms with Crippen LogP contribution in [0.15, 0.2) is 48.0 Å². The zero-order valence-corrected chi connectivity index (χ0v) is 12.5. The standard InChI is InChI=1S/C16H12FN3OS/c1-10-5-6-11(12(17)8-10)14-9-22-16(19-14)20-15(21)13-4-2-3-7-18-13/h2-9H,1H3,(H,19,20,21). The summed E-state index contributed by atoms with van der Waals surface area (Å²) in [7, 11) is 0. The summed E-state index contributed by atoms with van der Waals surface area (Å²) in [6, 6.07) is 10.0. The molecule has 0 spiro atoms. The first-order valence-electron chi connectivity index (χ1n) is 6.58. The van der Waals surface area contributed by atoms with Crippen molar-refractivity contribution >= 4 is 22.4 Å². The van der Waals surface area contributed by atoms with Gasteiger partial charge in [-0.05, 0) is 36.8 Å². The van der Waals surface area contributed by atoms with Crippen molar-refractivity contribution in [3.05, 3.63) is 65.0 Å². The average Bonchev–Trinajstić information content (AvgIpc) is 2.96. The van der Waals surface area contributed by atoms with Crippen LogP contribution >= 0.6 is 11.3 Å². The lowest BCUT2D eigenvalue weighted by molar-refractivity contribution is 0.102. The largest absolute Gasteiger partial charge is 0.296 e. The summed E-state index contributed by atoms with van der Waals surface area (Å²) in [6.45, 7) is 1.83. The molecule has 0 fully saturated rings. The summed E-state index contributed by atoms with van der Waals surface area (Å²) in [6.07, 6.45) is 1.55. The van der Waals surface area contributed by atoms with E-state index in [1.807, 2.05) is 13.0 Å². The Labute approximate surface area is 130 Å². The number of carbonyl (C=O) groups excluding carboxylic acids is 1. The first kappa shape index (κ1) is 14.3. The van der Waals surface area contributed by atoms with Gasteiger partial charge in [0, 0.05) is 17.1 Å². The molecule has 2 aromatic heterocycles. The predicted molar refractivity (Wildman–Crippen MR) is 84.4 cm³/mol. The summed E-state index contributed by atoms with van der Waals surface area (Å²) >= 11 is 1.24. The van der Waals surface area contributed by atoms with Crippen LogP contribution in [0.3, 0.4) is 0 Å². The lowest BCUT2D eigenvalue weighted by Crippen LogP contribution is -2.13. The number of amides is 1. The van der Waals surface area contributed by atoms with E-state index in [0.29, 0.717) is 22.1 Å². The number of hydrogen-bond acceptors (Lipinski definition) is 4. The van der Waals surface area contributed by atoms with Crippen molar-refractivity contribution in [2.45, 2.75) is 6.92 Å². The molecule has 1 aromatic carbocycles. The van der Waals surface area contributed by atoms with Gasteiger partial charge in [-0.3, -0.25) is 15.1 Å². The highest BCUT2D eigenvalue weighted by Gasteiger charge is 2.12. The number of benzene rings is 1. The lowest BCUT2D eigenvalue weighted by Gasteiger charge is -2.01. The van der Waals surface area contributed by atoms with Crippen molar-refractivity contribution in [1.29, 1.82) is 0 Å². The van der Waals surface area contributed by atoms with Crippen LogP contribution in [0.25, 0.3) is 11.3 Å². The first-order valence-corrected chi connectivity index (χ1v) is 7.46. The van der Waals surface area contributed by atoms with E-state index in [1.54, 1.807) is 35.8 Å². The van der Waals surface area contributed by atoms with Crippen molar-refractivity contribution in [2.75, 3.05) is 5.32 Å². The molecule has 22 heavy (non-hydrogen) atoms. The van der Waals surface area contributed by atoms with Crippen LogP contribution in [-0.4, -0.2) is 15.9 Å². The third-order valence-electron chi connectivity index (χ3n) is 3.02. The van der Waals surface area contributed by atoms with Crippen molar-refractivity contribution < 1.29 is 9.18 Å². The van der Waals surface area contributed by atoms with Crippen molar-refractivity contribution in [3.8, 4) is 11.3 Å². The molecule has 0 saturated carbocycles. The van der Waals surface area contributed by atoms with E-state index in [9.17, 15) is 9.18 Å². The number of nitrogens with zero attached hydrogens (tertiary/aromatic N) is 2. The van der Waals surface area contributed by atoms with Gasteiger partial charge >= 0.3 is 0 Å². The molecule has 0 aliphatic carbocycles. The minimum Gasteiger partial charge on any atom is -0.296 e. The number of aromatic nitrogens is 2. The van der Waals surface area contributed by atoms with Crippen LogP contribution in [-0.2, 0) is 0 Å². The minimum absolute atomic E-state index is 0.306. The second-order valence-corrected chi connectivity index (χ2v) is 5.55. The molecule has 0 unspecified atom stereocenters. The molecule has 6 heteroatoms. The number of rotatable bonds is 3. The maximum Gasteiger partial charge on any atom is 0.276 e. The van der Waals surface area contributed by atoms with Gasteiger partial charge in [-0.15, -0.1) is 11.3 Å². The van der Waals surface area contributed by atoms with Crippen LogP contribution in [0.5, 0.6) is 0 Å². The van der Waals surface area contributed by atoms with Crippen LogP contribution < -0.4 is 5.32 Å². The Morgan fingerprint density at radius 2 is 2.14 bits per heavy atom. The molecule has 0 aliphatic rings. The SMILES string of the molecule is Cc1ccc(-c2csc(NC(=O)c3ccccn3)n2)c(F)c1. The Bertz CT molecular complexity index is 817. The number of carbonyl (C=O) groups is 1. The molecule has 110 valence electrons. The highest BCUT2D eigenvalue weighted by Crippen LogP contribution is 2.27. The molecule has 1 amide bonds. The van der Waals surface area contributed by atoms with Gasteiger partial charge in [0.2, 0.25) is 0 Å². The third-order valence-corrected chi connectivity index (χ3v) is 3.78. The maximum atomic E-state index is 13.9. The fourth-order valence-electron chi connectivity index (χ4n) is 1.94. The Hall–Kier alpha value is -2.60. The van der Waals surface area contributed by atoms with Crippen LogP contribution in [0.1, 0.15) is 16.1 Å². The van der Waals surface area contributed by atoms with Gasteiger partial charge in [0.25, 0.3) is 5.91 Å². The molecule has 0 aliphatic heterocycles. The molecule has 0 saturated heterocycles. The zero-order valence-electron chi connectivity index (χ0n) is 11.7. The Balaban J connectivity index is 1.81. The number of nitrogens with one attached hydrogen (secondary N) is 1. The Morgan fingerprint density at radius 3 is 2.86 bits per heavy atom. The number of hydrogen-bond donors (Lipinski definition) is 1. The van der Waals surface area contributed by atoms with Gasteiger partial charge in [-0.2, -0.15) is 0 Å². The summed E-state index contributed by atoms with van der Waals surface area (Å²) in [4.78, 5) is 20.2. The van der Waals surface area contributed by atoms with E-state index < -0.39 is 0 Å². The number of anilines is 1. The highest BCUT2D eigenvalue weighted by atomic mass is 32.1. The minimum atomic E-state index is -0.342. The lowest BCUT2D eigenvalue weighted by atomic mass is 10.1. The molecule has 0 bridgehead atoms. The molecule has 3 aromatic rings. The highest BCUT2D eigenvalue weighted by molar-refractivity contribution is 7.14. The van der Waals surface area contributed by atoms with E-state index >= 15 is 0 Å². The smallest absolute Gasteiger partial charge is 0.276 e. The maximum absolute atomic E-state index is 13.9. The number of aryl methyl sites for hydroxylation is 1. The van der Waals surface area contributed by atoms with Gasteiger partial charge < -0.3 is 0 Å². The monoisotopic (exact) mass is 313 g/mol. The third kappa shape index (κ3) is 3.01. The quantitative estimate of drug-likeness (QED) is 0.797. The van der Waals surface area contributed by atoms with Gasteiger partial charge in [-0.25, -0.2) is 9.37 Å². The van der Waals surface area contributed by atoms with Gasteiger partial charge in [0.1, 0.15) is 11.5 Å². The molecule has 0 radical (unpaired) electrons. The fraction of sp³-hybridized carbons (Fsp3) is 0.0625. The molecule has 2 heterocycles. The molecule has 1 N–H and O–H groups in total. The van der Waals surface area contributed by atoms with Crippen molar-refractivity contribution in [1.82, 2.24) is 9.97 Å². The summed E-state index contributed by atoms with van der Waals surface area (Å²) in [5.74, 6) is -0.668. The second-order valence-electron chi connectivity index (χ2n) is 4.69. The molecule has 3 rings (SSSR count). The Kier molecular flexibility index (Phi) is 3.93. The summed E-state index contributed by atoms with van der Waals surface area (Å²) < 4.78 is 13.9. The van der Waals surface area contributed by atoms with Gasteiger partial charge in [-0.1, -0.05) is 12.1 Å². The number of pyridine rings is 1. The predicted octanol–water partition coefficient (Wildman–Crippen LogP) is 3.90. The van der Waals surface area contributed by atoms with E-state index in [-0.39, 0.29) is 11.7 Å². The zero-order chi connectivity index (χ0) is 15.5. The second kappa shape index (κ2) is 6.03. The fourth-order valence-corrected chi connectivity index (χ4v) is 2.65. The van der Waals surface area contributed by atoms with E-state index in [0.717, 1.165) is 5.56 Å². The number of halogens is 1. The summed E-state index contributed by atoms with van der Waals surface area (Å²) in [5.41, 5.74) is 2.07. The average molecular weight is 313 g/mol. The normalized spacial score (nSPS) is 10.5. The van der Waals surface area contributed by atoms with Crippen LogP contribution in [0.4, 0.5) is 9.52 Å². The molecule has 4 nitrogen and oxygen atoms in total. The van der Waals surface area contributed by atoms with Crippen molar-refractivity contribution in [3.63, 3.8) is 0 Å². The van der Waals surface area contributed by atoms with Crippen LogP contribution in [0.2, 0.25) is 0 Å². The number of thiazole rings is 1. The van der Waals surface area contributed by atoms with E-state index in [1.165, 1.54) is 17.4 Å². The van der Waals surface area contributed by atoms with Gasteiger partial charge in [0.15, 0.2) is 5.13 Å². The van der Waals surface area contributed by atoms with Crippen molar-refractivity contribution in [2.24, 2.45) is 0 Å². The van der Waals surface area contributed by atoms with Crippen LogP contribution in [0, 0.1) is 12.7 Å².